The molecule has 0 atom stereocenters. The van der Waals surface area contributed by atoms with Gasteiger partial charge < -0.3 is 19.9 Å². The Morgan fingerprint density at radius 3 is 2.74 bits per heavy atom. The third-order valence-electron chi connectivity index (χ3n) is 5.03. The summed E-state index contributed by atoms with van der Waals surface area (Å²) in [5.41, 5.74) is 4.74. The number of ether oxygens (including phenoxy) is 1. The van der Waals surface area contributed by atoms with Gasteiger partial charge in [-0.05, 0) is 35.8 Å². The third kappa shape index (κ3) is 3.67. The Morgan fingerprint density at radius 2 is 2.00 bits per heavy atom. The van der Waals surface area contributed by atoms with E-state index >= 15 is 0 Å². The second-order valence-corrected chi connectivity index (χ2v) is 6.68. The lowest BCUT2D eigenvalue weighted by Crippen LogP contribution is -2.41. The summed E-state index contributed by atoms with van der Waals surface area (Å²) in [6.07, 6.45) is 5.08. The lowest BCUT2D eigenvalue weighted by atomic mass is 9.99. The number of aromatic amines is 1. The van der Waals surface area contributed by atoms with E-state index in [1.807, 2.05) is 35.2 Å². The minimum absolute atomic E-state index is 0.0277. The molecule has 0 saturated heterocycles. The van der Waals surface area contributed by atoms with Gasteiger partial charge in [-0.3, -0.25) is 0 Å². The van der Waals surface area contributed by atoms with Crippen LogP contribution in [-0.2, 0) is 6.54 Å². The van der Waals surface area contributed by atoms with Crippen molar-refractivity contribution >= 4 is 22.5 Å². The predicted molar refractivity (Wildman–Crippen MR) is 108 cm³/mol. The number of nitrogens with zero attached hydrogens (tertiary/aromatic N) is 1. The minimum Gasteiger partial charge on any atom is -0.497 e. The molecule has 2 aromatic carbocycles. The van der Waals surface area contributed by atoms with E-state index in [1.165, 1.54) is 16.5 Å². The fourth-order valence-corrected chi connectivity index (χ4v) is 3.47. The molecule has 3 aromatic rings. The molecule has 0 bridgehead atoms. The van der Waals surface area contributed by atoms with Crippen LogP contribution in [0.15, 0.2) is 60.8 Å². The summed E-state index contributed by atoms with van der Waals surface area (Å²) in [5, 5.41) is 4.23. The molecule has 27 heavy (non-hydrogen) atoms. The van der Waals surface area contributed by atoms with Crippen LogP contribution in [-0.4, -0.2) is 36.1 Å². The number of urea groups is 1. The molecule has 2 N–H and O–H groups in total. The molecule has 5 heteroatoms. The monoisotopic (exact) mass is 361 g/mol. The van der Waals surface area contributed by atoms with Crippen LogP contribution in [0.25, 0.3) is 16.5 Å². The molecule has 0 saturated carbocycles. The second-order valence-electron chi connectivity index (χ2n) is 6.68. The van der Waals surface area contributed by atoms with Crippen LogP contribution in [0.2, 0.25) is 0 Å². The fraction of sp³-hybridized carbons (Fsp3) is 0.227. The van der Waals surface area contributed by atoms with Crippen molar-refractivity contribution in [1.82, 2.24) is 15.2 Å². The first kappa shape index (κ1) is 17.2. The van der Waals surface area contributed by atoms with Crippen LogP contribution < -0.4 is 10.1 Å². The van der Waals surface area contributed by atoms with Crippen LogP contribution in [0.1, 0.15) is 17.5 Å². The first-order valence-corrected chi connectivity index (χ1v) is 9.16. The minimum atomic E-state index is -0.0277. The molecule has 5 nitrogen and oxygen atoms in total. The van der Waals surface area contributed by atoms with Crippen LogP contribution in [0.5, 0.6) is 5.75 Å². The number of fused-ring (bicyclic) bond motifs is 1. The van der Waals surface area contributed by atoms with E-state index in [9.17, 15) is 4.79 Å². The van der Waals surface area contributed by atoms with E-state index in [0.29, 0.717) is 13.1 Å². The SMILES string of the molecule is COc1ccc(CNC(=O)N2CC=C(c3c[nH]c4ccccc34)CC2)cc1. The highest BCUT2D eigenvalue weighted by Gasteiger charge is 2.19. The Hall–Kier alpha value is -3.21. The Morgan fingerprint density at radius 1 is 1.19 bits per heavy atom. The molecule has 1 aliphatic rings. The van der Waals surface area contributed by atoms with E-state index in [1.54, 1.807) is 7.11 Å². The van der Waals surface area contributed by atoms with Crippen molar-refractivity contribution in [2.45, 2.75) is 13.0 Å². The third-order valence-corrected chi connectivity index (χ3v) is 5.03. The first-order valence-electron chi connectivity index (χ1n) is 9.16. The Labute approximate surface area is 158 Å². The average Bonchev–Trinajstić information content (AvgIpc) is 3.16. The number of hydrogen-bond acceptors (Lipinski definition) is 2. The number of aromatic nitrogens is 1. The number of amides is 2. The summed E-state index contributed by atoms with van der Waals surface area (Å²) in [4.78, 5) is 17.6. The molecule has 1 aliphatic heterocycles. The molecule has 0 fully saturated rings. The molecule has 2 amide bonds. The predicted octanol–water partition coefficient (Wildman–Crippen LogP) is 4.18. The van der Waals surface area contributed by atoms with Gasteiger partial charge >= 0.3 is 6.03 Å². The van der Waals surface area contributed by atoms with Gasteiger partial charge in [0.2, 0.25) is 0 Å². The van der Waals surface area contributed by atoms with Crippen LogP contribution in [0.3, 0.4) is 0 Å². The Kier molecular flexibility index (Phi) is 4.83. The zero-order valence-electron chi connectivity index (χ0n) is 15.4. The number of methoxy groups -OCH3 is 1. The maximum absolute atomic E-state index is 12.5. The summed E-state index contributed by atoms with van der Waals surface area (Å²) >= 11 is 0. The van der Waals surface area contributed by atoms with Crippen molar-refractivity contribution in [3.63, 3.8) is 0 Å². The summed E-state index contributed by atoms with van der Waals surface area (Å²) in [6, 6.07) is 16.0. The van der Waals surface area contributed by atoms with Gasteiger partial charge in [-0.15, -0.1) is 0 Å². The fourth-order valence-electron chi connectivity index (χ4n) is 3.47. The number of nitrogens with one attached hydrogen (secondary N) is 2. The molecule has 0 radical (unpaired) electrons. The van der Waals surface area contributed by atoms with Gasteiger partial charge in [0.25, 0.3) is 0 Å². The van der Waals surface area contributed by atoms with Crippen LogP contribution >= 0.6 is 0 Å². The van der Waals surface area contributed by atoms with Gasteiger partial charge in [0.05, 0.1) is 7.11 Å². The molecule has 0 spiro atoms. The van der Waals surface area contributed by atoms with Crippen molar-refractivity contribution in [1.29, 1.82) is 0 Å². The first-order chi connectivity index (χ1) is 13.2. The van der Waals surface area contributed by atoms with Crippen molar-refractivity contribution in [2.75, 3.05) is 20.2 Å². The highest BCUT2D eigenvalue weighted by atomic mass is 16.5. The van der Waals surface area contributed by atoms with Gasteiger partial charge in [-0.2, -0.15) is 0 Å². The Balaban J connectivity index is 1.37. The molecule has 1 aromatic heterocycles. The van der Waals surface area contributed by atoms with Crippen molar-refractivity contribution in [3.8, 4) is 5.75 Å². The van der Waals surface area contributed by atoms with Gasteiger partial charge in [0.1, 0.15) is 5.75 Å². The number of carbonyl (C=O) groups is 1. The normalized spacial score (nSPS) is 14.1. The Bertz CT molecular complexity index is 973. The van der Waals surface area contributed by atoms with E-state index in [-0.39, 0.29) is 6.03 Å². The van der Waals surface area contributed by atoms with E-state index < -0.39 is 0 Å². The van der Waals surface area contributed by atoms with Crippen molar-refractivity contribution in [2.24, 2.45) is 0 Å². The smallest absolute Gasteiger partial charge is 0.317 e. The summed E-state index contributed by atoms with van der Waals surface area (Å²) in [5.74, 6) is 0.816. The zero-order chi connectivity index (χ0) is 18.6. The maximum atomic E-state index is 12.5. The van der Waals surface area contributed by atoms with Crippen molar-refractivity contribution < 1.29 is 9.53 Å². The summed E-state index contributed by atoms with van der Waals surface area (Å²) in [6.45, 7) is 1.86. The molecule has 138 valence electrons. The molecular weight excluding hydrogens is 338 g/mol. The number of hydrogen-bond donors (Lipinski definition) is 2. The van der Waals surface area contributed by atoms with Gasteiger partial charge in [0, 0.05) is 42.3 Å². The largest absolute Gasteiger partial charge is 0.497 e. The molecule has 2 heterocycles. The topological polar surface area (TPSA) is 57.4 Å². The average molecular weight is 361 g/mol. The molecule has 0 unspecified atom stereocenters. The van der Waals surface area contributed by atoms with Crippen LogP contribution in [0, 0.1) is 0 Å². The van der Waals surface area contributed by atoms with E-state index in [2.05, 4.69) is 40.8 Å². The summed E-state index contributed by atoms with van der Waals surface area (Å²) in [7, 11) is 1.64. The second kappa shape index (κ2) is 7.58. The quantitative estimate of drug-likeness (QED) is 0.733. The van der Waals surface area contributed by atoms with Crippen LogP contribution in [0.4, 0.5) is 4.79 Å². The summed E-state index contributed by atoms with van der Waals surface area (Å²) < 4.78 is 5.15. The highest BCUT2D eigenvalue weighted by Crippen LogP contribution is 2.29. The maximum Gasteiger partial charge on any atom is 0.317 e. The van der Waals surface area contributed by atoms with Crippen molar-refractivity contribution in [3.05, 3.63) is 71.9 Å². The number of benzene rings is 2. The zero-order valence-corrected chi connectivity index (χ0v) is 15.4. The van der Waals surface area contributed by atoms with Gasteiger partial charge in [-0.1, -0.05) is 36.4 Å². The lowest BCUT2D eigenvalue weighted by Gasteiger charge is -2.26. The number of rotatable bonds is 4. The molecule has 0 aliphatic carbocycles. The lowest BCUT2D eigenvalue weighted by molar-refractivity contribution is 0.202. The molecular formula is C22H23N3O2. The molecule has 4 rings (SSSR count). The number of para-hydroxylation sites is 1. The van der Waals surface area contributed by atoms with E-state index in [0.717, 1.165) is 29.8 Å². The number of H-pyrrole nitrogens is 1. The van der Waals surface area contributed by atoms with Gasteiger partial charge in [-0.25, -0.2) is 4.79 Å². The van der Waals surface area contributed by atoms with E-state index in [4.69, 9.17) is 4.74 Å². The number of carbonyl (C=O) groups excluding carboxylic acids is 1. The van der Waals surface area contributed by atoms with Gasteiger partial charge in [0.15, 0.2) is 0 Å². The standard InChI is InChI=1S/C22H23N3O2/c1-27-18-8-6-16(7-9-18)14-24-22(26)25-12-10-17(11-13-25)20-15-23-21-5-3-2-4-19(20)21/h2-10,15,23H,11-14H2,1H3,(H,24,26). The highest BCUT2D eigenvalue weighted by molar-refractivity contribution is 5.93.